The molecule has 1 aliphatic heterocycles. The second kappa shape index (κ2) is 6.38. The molecule has 2 fully saturated rings. The lowest BCUT2D eigenvalue weighted by Gasteiger charge is -2.42. The number of carbonyl (C=O) groups excluding carboxylic acids is 1. The molecule has 1 N–H and O–H groups in total. The molecule has 4 nitrogen and oxygen atoms in total. The summed E-state index contributed by atoms with van der Waals surface area (Å²) in [5.41, 5.74) is 5.08. The number of benzene rings is 2. The van der Waals surface area contributed by atoms with E-state index < -0.39 is 0 Å². The molecule has 1 atom stereocenters. The Balaban J connectivity index is 1.31. The molecule has 0 aromatic heterocycles. The van der Waals surface area contributed by atoms with E-state index in [4.69, 9.17) is 4.74 Å². The number of ether oxygens (including phenoxy) is 1. The predicted octanol–water partition coefficient (Wildman–Crippen LogP) is 4.03. The Bertz CT molecular complexity index is 828. The van der Waals surface area contributed by atoms with Crippen LogP contribution in [0.15, 0.2) is 48.5 Å². The maximum atomic E-state index is 12.7. The Morgan fingerprint density at radius 1 is 1.07 bits per heavy atom. The summed E-state index contributed by atoms with van der Waals surface area (Å²) >= 11 is 0. The van der Waals surface area contributed by atoms with Crippen molar-refractivity contribution in [1.82, 2.24) is 4.90 Å². The molecule has 3 aliphatic rings. The van der Waals surface area contributed by atoms with Crippen molar-refractivity contribution in [1.29, 1.82) is 0 Å². The van der Waals surface area contributed by atoms with E-state index >= 15 is 0 Å². The Kier molecular flexibility index (Phi) is 3.97. The number of aliphatic hydroxyl groups excluding tert-OH is 1. The molecular formula is C23H25NO3. The normalized spacial score (nSPS) is 22.4. The highest BCUT2D eigenvalue weighted by Gasteiger charge is 2.51. The summed E-state index contributed by atoms with van der Waals surface area (Å²) in [6, 6.07) is 16.8. The van der Waals surface area contributed by atoms with Crippen LogP contribution in [-0.4, -0.2) is 42.4 Å². The van der Waals surface area contributed by atoms with Crippen molar-refractivity contribution in [2.75, 3.05) is 26.3 Å². The van der Waals surface area contributed by atoms with Gasteiger partial charge in [-0.05, 0) is 40.5 Å². The molecule has 0 radical (unpaired) electrons. The molecule has 140 valence electrons. The first-order chi connectivity index (χ1) is 13.2. The molecule has 2 aromatic rings. The number of likely N-dealkylation sites (tertiary alicyclic amines) is 1. The third-order valence-corrected chi connectivity index (χ3v) is 6.98. The van der Waals surface area contributed by atoms with Gasteiger partial charge in [-0.15, -0.1) is 0 Å². The fourth-order valence-corrected chi connectivity index (χ4v) is 5.31. The van der Waals surface area contributed by atoms with Crippen LogP contribution in [0, 0.1) is 11.3 Å². The minimum Gasteiger partial charge on any atom is -0.448 e. The molecule has 27 heavy (non-hydrogen) atoms. The van der Waals surface area contributed by atoms with E-state index in [0.717, 1.165) is 19.4 Å². The highest BCUT2D eigenvalue weighted by molar-refractivity contribution is 5.79. The maximum absolute atomic E-state index is 12.7. The lowest BCUT2D eigenvalue weighted by molar-refractivity contribution is 0.0526. The van der Waals surface area contributed by atoms with Crippen molar-refractivity contribution >= 4 is 6.09 Å². The first-order valence-electron chi connectivity index (χ1n) is 9.93. The summed E-state index contributed by atoms with van der Waals surface area (Å²) in [6.45, 7) is 1.87. The first kappa shape index (κ1) is 16.8. The zero-order valence-electron chi connectivity index (χ0n) is 15.4. The lowest BCUT2D eigenvalue weighted by atomic mass is 9.63. The number of amides is 1. The molecule has 2 aliphatic carbocycles. The minimum atomic E-state index is -0.237. The van der Waals surface area contributed by atoms with Crippen molar-refractivity contribution in [2.45, 2.75) is 25.2 Å². The number of hydrogen-bond donors (Lipinski definition) is 1. The molecule has 4 heteroatoms. The molecule has 2 aromatic carbocycles. The lowest BCUT2D eigenvalue weighted by Crippen LogP contribution is -2.39. The van der Waals surface area contributed by atoms with E-state index in [-0.39, 0.29) is 30.0 Å². The first-order valence-corrected chi connectivity index (χ1v) is 9.93. The van der Waals surface area contributed by atoms with Gasteiger partial charge in [-0.2, -0.15) is 0 Å². The van der Waals surface area contributed by atoms with Crippen molar-refractivity contribution in [3.63, 3.8) is 0 Å². The largest absolute Gasteiger partial charge is 0.448 e. The molecule has 1 unspecified atom stereocenters. The van der Waals surface area contributed by atoms with Crippen LogP contribution in [0.3, 0.4) is 0 Å². The van der Waals surface area contributed by atoms with Crippen LogP contribution >= 0.6 is 0 Å². The summed E-state index contributed by atoms with van der Waals surface area (Å²) in [7, 11) is 0. The third-order valence-electron chi connectivity index (χ3n) is 6.98. The summed E-state index contributed by atoms with van der Waals surface area (Å²) in [5.74, 6) is 0.294. The molecule has 1 spiro atoms. The summed E-state index contributed by atoms with van der Waals surface area (Å²) in [5, 5.41) is 9.71. The molecular weight excluding hydrogens is 338 g/mol. The monoisotopic (exact) mass is 363 g/mol. The molecule has 1 saturated heterocycles. The van der Waals surface area contributed by atoms with Gasteiger partial charge in [-0.3, -0.25) is 0 Å². The summed E-state index contributed by atoms with van der Waals surface area (Å²) in [6.07, 6.45) is 3.20. The maximum Gasteiger partial charge on any atom is 0.409 e. The molecule has 1 heterocycles. The van der Waals surface area contributed by atoms with Crippen LogP contribution < -0.4 is 0 Å². The van der Waals surface area contributed by atoms with Gasteiger partial charge in [0.05, 0.1) is 0 Å². The van der Waals surface area contributed by atoms with E-state index in [9.17, 15) is 9.90 Å². The molecule has 0 bridgehead atoms. The third kappa shape index (κ3) is 2.58. The standard InChI is InChI=1S/C23H25NO3/c25-13-16-12-24(15-23(16)10-5-11-23)22(26)27-14-21-19-8-3-1-6-17(19)18-7-2-4-9-20(18)21/h1-4,6-9,16,21,25H,5,10-15H2. The zero-order chi connectivity index (χ0) is 18.4. The van der Waals surface area contributed by atoms with Gasteiger partial charge in [-0.1, -0.05) is 55.0 Å². The van der Waals surface area contributed by atoms with E-state index in [0.29, 0.717) is 13.2 Å². The number of hydrogen-bond acceptors (Lipinski definition) is 3. The van der Waals surface area contributed by atoms with Gasteiger partial charge in [0.1, 0.15) is 6.61 Å². The molecule has 1 saturated carbocycles. The quantitative estimate of drug-likeness (QED) is 0.896. The number of carbonyl (C=O) groups is 1. The van der Waals surface area contributed by atoms with Crippen LogP contribution in [0.4, 0.5) is 4.79 Å². The van der Waals surface area contributed by atoms with Crippen LogP contribution in [0.25, 0.3) is 11.1 Å². The highest BCUT2D eigenvalue weighted by Crippen LogP contribution is 2.51. The van der Waals surface area contributed by atoms with Gasteiger partial charge >= 0.3 is 6.09 Å². The average Bonchev–Trinajstić information content (AvgIpc) is 3.23. The van der Waals surface area contributed by atoms with Gasteiger partial charge in [0.15, 0.2) is 0 Å². The van der Waals surface area contributed by atoms with E-state index in [1.54, 1.807) is 0 Å². The van der Waals surface area contributed by atoms with Crippen LogP contribution in [0.1, 0.15) is 36.3 Å². The van der Waals surface area contributed by atoms with Crippen LogP contribution in [-0.2, 0) is 4.74 Å². The number of aliphatic hydroxyl groups is 1. The van der Waals surface area contributed by atoms with Crippen LogP contribution in [0.5, 0.6) is 0 Å². The Morgan fingerprint density at radius 2 is 1.70 bits per heavy atom. The predicted molar refractivity (Wildman–Crippen MR) is 104 cm³/mol. The number of nitrogens with zero attached hydrogens (tertiary/aromatic N) is 1. The number of fused-ring (bicyclic) bond motifs is 3. The molecule has 5 rings (SSSR count). The summed E-state index contributed by atoms with van der Waals surface area (Å²) in [4.78, 5) is 14.5. The van der Waals surface area contributed by atoms with Crippen LogP contribution in [0.2, 0.25) is 0 Å². The topological polar surface area (TPSA) is 49.8 Å². The minimum absolute atomic E-state index is 0.0928. The highest BCUT2D eigenvalue weighted by atomic mass is 16.6. The molecule has 1 amide bonds. The SMILES string of the molecule is O=C(OCC1c2ccccc2-c2ccccc21)N1CC(CO)C2(CCC2)C1. The smallest absolute Gasteiger partial charge is 0.409 e. The van der Waals surface area contributed by atoms with Gasteiger partial charge in [-0.25, -0.2) is 4.79 Å². The van der Waals surface area contributed by atoms with Gasteiger partial charge in [0, 0.05) is 31.5 Å². The fraction of sp³-hybridized carbons (Fsp3) is 0.435. The van der Waals surface area contributed by atoms with Gasteiger partial charge in [0.2, 0.25) is 0 Å². The Morgan fingerprint density at radius 3 is 2.22 bits per heavy atom. The number of rotatable bonds is 3. The Hall–Kier alpha value is -2.33. The second-order valence-electron chi connectivity index (χ2n) is 8.28. The van der Waals surface area contributed by atoms with Crippen molar-refractivity contribution in [2.24, 2.45) is 11.3 Å². The zero-order valence-corrected chi connectivity index (χ0v) is 15.4. The fourth-order valence-electron chi connectivity index (χ4n) is 5.31. The van der Waals surface area contributed by atoms with Gasteiger partial charge in [0.25, 0.3) is 0 Å². The van der Waals surface area contributed by atoms with Crippen molar-refractivity contribution < 1.29 is 14.6 Å². The average molecular weight is 363 g/mol. The van der Waals surface area contributed by atoms with E-state index in [1.165, 1.54) is 28.7 Å². The van der Waals surface area contributed by atoms with Gasteiger partial charge < -0.3 is 14.7 Å². The summed E-state index contributed by atoms with van der Waals surface area (Å²) < 4.78 is 5.78. The van der Waals surface area contributed by atoms with Crippen molar-refractivity contribution in [3.8, 4) is 11.1 Å². The van der Waals surface area contributed by atoms with E-state index in [1.807, 2.05) is 17.0 Å². The second-order valence-corrected chi connectivity index (χ2v) is 8.28. The Labute approximate surface area is 159 Å². The van der Waals surface area contributed by atoms with E-state index in [2.05, 4.69) is 36.4 Å². The van der Waals surface area contributed by atoms with Crippen molar-refractivity contribution in [3.05, 3.63) is 59.7 Å².